The number of hydrogen-bond donors (Lipinski definition) is 0. The monoisotopic (exact) mass is 465 g/mol. The van der Waals surface area contributed by atoms with Gasteiger partial charge in [0.05, 0.1) is 4.90 Å². The van der Waals surface area contributed by atoms with Crippen molar-refractivity contribution in [1.29, 1.82) is 0 Å². The summed E-state index contributed by atoms with van der Waals surface area (Å²) in [6.45, 7) is 12.3. The lowest BCUT2D eigenvalue weighted by atomic mass is 9.94. The Hall–Kier alpha value is -2.13. The van der Waals surface area contributed by atoms with E-state index in [1.54, 1.807) is 26.2 Å². The molecule has 9 heteroatoms. The van der Waals surface area contributed by atoms with Crippen molar-refractivity contribution in [2.24, 2.45) is 11.8 Å². The highest BCUT2D eigenvalue weighted by atomic mass is 32.2. The van der Waals surface area contributed by atoms with E-state index in [2.05, 4.69) is 13.8 Å². The molecule has 2 saturated heterocycles. The molecule has 2 atom stereocenters. The normalized spacial score (nSPS) is 23.2. The predicted molar refractivity (Wildman–Crippen MR) is 122 cm³/mol. The van der Waals surface area contributed by atoms with Crippen molar-refractivity contribution in [3.63, 3.8) is 0 Å². The maximum atomic E-state index is 13.0. The van der Waals surface area contributed by atoms with Crippen LogP contribution in [-0.2, 0) is 14.8 Å². The van der Waals surface area contributed by atoms with Crippen molar-refractivity contribution >= 4 is 22.0 Å². The molecule has 2 aliphatic rings. The first-order valence-electron chi connectivity index (χ1n) is 11.2. The number of rotatable bonds is 3. The third-order valence-electron chi connectivity index (χ3n) is 5.79. The standard InChI is InChI=1S/C23H35N3O5S/c1-17-14-18(2)16-26(15-17)32(29,30)20-8-6-19(7-9-20)21(27)24-10-12-25(13-11-24)22(28)31-23(3,4)5/h6-9,17-18H,10-16H2,1-5H3. The lowest BCUT2D eigenvalue weighted by Gasteiger charge is -2.35. The second kappa shape index (κ2) is 9.39. The van der Waals surface area contributed by atoms with Gasteiger partial charge in [0.2, 0.25) is 10.0 Å². The van der Waals surface area contributed by atoms with E-state index in [0.29, 0.717) is 56.7 Å². The molecule has 0 bridgehead atoms. The number of benzene rings is 1. The Kier molecular flexibility index (Phi) is 7.19. The zero-order chi connectivity index (χ0) is 23.7. The van der Waals surface area contributed by atoms with Crippen molar-refractivity contribution < 1.29 is 22.7 Å². The molecular formula is C23H35N3O5S. The summed E-state index contributed by atoms with van der Waals surface area (Å²) in [4.78, 5) is 28.6. The molecule has 32 heavy (non-hydrogen) atoms. The number of piperidine rings is 1. The Morgan fingerprint density at radius 2 is 1.41 bits per heavy atom. The fourth-order valence-corrected chi connectivity index (χ4v) is 6.00. The molecular weight excluding hydrogens is 430 g/mol. The lowest BCUT2D eigenvalue weighted by molar-refractivity contribution is 0.0141. The minimum absolute atomic E-state index is 0.169. The molecule has 2 aliphatic heterocycles. The van der Waals surface area contributed by atoms with Gasteiger partial charge in [-0.15, -0.1) is 0 Å². The number of ether oxygens (including phenoxy) is 1. The van der Waals surface area contributed by atoms with E-state index in [-0.39, 0.29) is 16.9 Å². The second-order valence-electron chi connectivity index (χ2n) is 10.1. The summed E-state index contributed by atoms with van der Waals surface area (Å²) >= 11 is 0. The Labute approximate surface area is 191 Å². The van der Waals surface area contributed by atoms with Gasteiger partial charge in [-0.3, -0.25) is 4.79 Å². The van der Waals surface area contributed by atoms with Crippen LogP contribution in [0.1, 0.15) is 51.4 Å². The van der Waals surface area contributed by atoms with Crippen LogP contribution in [0.3, 0.4) is 0 Å². The van der Waals surface area contributed by atoms with Gasteiger partial charge in [0.1, 0.15) is 5.60 Å². The fraction of sp³-hybridized carbons (Fsp3) is 0.652. The Morgan fingerprint density at radius 1 is 0.906 bits per heavy atom. The molecule has 2 heterocycles. The molecule has 0 aromatic heterocycles. The average Bonchev–Trinajstić information content (AvgIpc) is 2.71. The minimum Gasteiger partial charge on any atom is -0.444 e. The zero-order valence-electron chi connectivity index (χ0n) is 19.7. The molecule has 2 amide bonds. The van der Waals surface area contributed by atoms with E-state index >= 15 is 0 Å². The van der Waals surface area contributed by atoms with Crippen LogP contribution in [0.25, 0.3) is 0 Å². The Balaban J connectivity index is 1.62. The highest BCUT2D eigenvalue weighted by Gasteiger charge is 2.32. The molecule has 0 radical (unpaired) electrons. The van der Waals surface area contributed by atoms with Crippen LogP contribution in [0.2, 0.25) is 0 Å². The highest BCUT2D eigenvalue weighted by molar-refractivity contribution is 7.89. The number of amides is 2. The van der Waals surface area contributed by atoms with Crippen molar-refractivity contribution in [1.82, 2.24) is 14.1 Å². The van der Waals surface area contributed by atoms with Crippen LogP contribution < -0.4 is 0 Å². The van der Waals surface area contributed by atoms with Crippen LogP contribution >= 0.6 is 0 Å². The van der Waals surface area contributed by atoms with Crippen LogP contribution in [-0.4, -0.2) is 79.4 Å². The summed E-state index contributed by atoms with van der Waals surface area (Å²) < 4.78 is 33.0. The van der Waals surface area contributed by atoms with Crippen LogP contribution in [0.5, 0.6) is 0 Å². The maximum Gasteiger partial charge on any atom is 0.410 e. The highest BCUT2D eigenvalue weighted by Crippen LogP contribution is 2.27. The number of hydrogen-bond acceptors (Lipinski definition) is 5. The van der Waals surface area contributed by atoms with Crippen molar-refractivity contribution in [2.75, 3.05) is 39.3 Å². The molecule has 8 nitrogen and oxygen atoms in total. The van der Waals surface area contributed by atoms with Gasteiger partial charge >= 0.3 is 6.09 Å². The molecule has 0 spiro atoms. The zero-order valence-corrected chi connectivity index (χ0v) is 20.5. The largest absolute Gasteiger partial charge is 0.444 e. The molecule has 3 rings (SSSR count). The van der Waals surface area contributed by atoms with E-state index in [4.69, 9.17) is 4.74 Å². The number of carbonyl (C=O) groups excluding carboxylic acids is 2. The van der Waals surface area contributed by atoms with E-state index in [9.17, 15) is 18.0 Å². The first-order chi connectivity index (χ1) is 14.9. The van der Waals surface area contributed by atoms with Crippen LogP contribution in [0, 0.1) is 11.8 Å². The fourth-order valence-electron chi connectivity index (χ4n) is 4.32. The second-order valence-corrected chi connectivity index (χ2v) is 12.0. The van der Waals surface area contributed by atoms with Gasteiger partial charge in [-0.2, -0.15) is 4.31 Å². The van der Waals surface area contributed by atoms with Gasteiger partial charge in [-0.25, -0.2) is 13.2 Å². The third-order valence-corrected chi connectivity index (χ3v) is 7.64. The summed E-state index contributed by atoms with van der Waals surface area (Å²) in [5, 5.41) is 0. The molecule has 2 unspecified atom stereocenters. The van der Waals surface area contributed by atoms with Crippen molar-refractivity contribution in [3.8, 4) is 0 Å². The Morgan fingerprint density at radius 3 is 1.91 bits per heavy atom. The van der Waals surface area contributed by atoms with Crippen LogP contribution in [0.4, 0.5) is 4.79 Å². The number of sulfonamides is 1. The minimum atomic E-state index is -3.58. The summed E-state index contributed by atoms with van der Waals surface area (Å²) in [6, 6.07) is 6.19. The van der Waals surface area contributed by atoms with Crippen molar-refractivity contribution in [2.45, 2.75) is 51.5 Å². The SMILES string of the molecule is CC1CC(C)CN(S(=O)(=O)c2ccc(C(=O)N3CCN(C(=O)OC(C)(C)C)CC3)cc2)C1. The van der Waals surface area contributed by atoms with Crippen molar-refractivity contribution in [3.05, 3.63) is 29.8 Å². The van der Waals surface area contributed by atoms with Gasteiger partial charge in [0, 0.05) is 44.8 Å². The molecule has 178 valence electrons. The molecule has 1 aromatic rings. The topological polar surface area (TPSA) is 87.2 Å². The average molecular weight is 466 g/mol. The Bertz CT molecular complexity index is 921. The molecule has 0 N–H and O–H groups in total. The summed E-state index contributed by atoms with van der Waals surface area (Å²) in [6.07, 6.45) is 0.654. The molecule has 1 aromatic carbocycles. The van der Waals surface area contributed by atoms with E-state index in [1.807, 2.05) is 20.8 Å². The predicted octanol–water partition coefficient (Wildman–Crippen LogP) is 3.05. The summed E-state index contributed by atoms with van der Waals surface area (Å²) in [7, 11) is -3.58. The lowest BCUT2D eigenvalue weighted by Crippen LogP contribution is -2.51. The van der Waals surface area contributed by atoms with E-state index in [1.165, 1.54) is 12.1 Å². The van der Waals surface area contributed by atoms with Gasteiger partial charge in [-0.1, -0.05) is 13.8 Å². The quantitative estimate of drug-likeness (QED) is 0.685. The van der Waals surface area contributed by atoms with Gasteiger partial charge in [0.15, 0.2) is 0 Å². The number of nitrogens with zero attached hydrogens (tertiary/aromatic N) is 3. The summed E-state index contributed by atoms with van der Waals surface area (Å²) in [5.41, 5.74) is -0.119. The molecule has 0 saturated carbocycles. The summed E-state index contributed by atoms with van der Waals surface area (Å²) in [5.74, 6) is 0.487. The van der Waals surface area contributed by atoms with Gasteiger partial charge in [-0.05, 0) is 63.3 Å². The van der Waals surface area contributed by atoms with E-state index < -0.39 is 15.6 Å². The van der Waals surface area contributed by atoms with E-state index in [0.717, 1.165) is 6.42 Å². The van der Waals surface area contributed by atoms with Gasteiger partial charge < -0.3 is 14.5 Å². The maximum absolute atomic E-state index is 13.0. The first-order valence-corrected chi connectivity index (χ1v) is 12.7. The van der Waals surface area contributed by atoms with Gasteiger partial charge in [0.25, 0.3) is 5.91 Å². The number of piperazine rings is 1. The smallest absolute Gasteiger partial charge is 0.410 e. The van der Waals surface area contributed by atoms with Crippen LogP contribution in [0.15, 0.2) is 29.2 Å². The molecule has 0 aliphatic carbocycles. The number of carbonyl (C=O) groups is 2. The third kappa shape index (κ3) is 5.81. The first kappa shape index (κ1) is 24.5. The molecule has 2 fully saturated rings.